The maximum atomic E-state index is 9.76. The number of rotatable bonds is 10. The fraction of sp³-hybridized carbons (Fsp3) is 0.684. The molecule has 4 heteroatoms. The molecule has 0 bridgehead atoms. The summed E-state index contributed by atoms with van der Waals surface area (Å²) in [4.78, 5) is 0. The molecule has 132 valence electrons. The second-order valence-corrected chi connectivity index (χ2v) is 7.07. The Morgan fingerprint density at radius 2 is 1.74 bits per heavy atom. The van der Waals surface area contributed by atoms with Crippen molar-refractivity contribution >= 4 is 0 Å². The molecule has 1 aromatic rings. The predicted octanol–water partition coefficient (Wildman–Crippen LogP) is 3.55. The summed E-state index contributed by atoms with van der Waals surface area (Å²) < 4.78 is 10.6. The van der Waals surface area contributed by atoms with Gasteiger partial charge in [-0.05, 0) is 71.1 Å². The van der Waals surface area contributed by atoms with E-state index in [4.69, 9.17) is 9.47 Å². The van der Waals surface area contributed by atoms with Crippen molar-refractivity contribution < 1.29 is 14.6 Å². The SMILES string of the molecule is COc1ccc(C[C@H](C)N[C@H](C)CCCC(C)(C)O)cc1OC. The summed E-state index contributed by atoms with van der Waals surface area (Å²) >= 11 is 0. The van der Waals surface area contributed by atoms with Gasteiger partial charge in [0.15, 0.2) is 11.5 Å². The van der Waals surface area contributed by atoms with Crippen LogP contribution in [0.4, 0.5) is 0 Å². The van der Waals surface area contributed by atoms with Gasteiger partial charge in [0.2, 0.25) is 0 Å². The minimum atomic E-state index is -0.564. The Morgan fingerprint density at radius 1 is 1.09 bits per heavy atom. The summed E-state index contributed by atoms with van der Waals surface area (Å²) in [7, 11) is 3.31. The van der Waals surface area contributed by atoms with Crippen molar-refractivity contribution in [3.8, 4) is 11.5 Å². The predicted molar refractivity (Wildman–Crippen MR) is 95.5 cm³/mol. The number of nitrogens with one attached hydrogen (secondary N) is 1. The van der Waals surface area contributed by atoms with E-state index in [-0.39, 0.29) is 0 Å². The van der Waals surface area contributed by atoms with Crippen LogP contribution in [0.5, 0.6) is 11.5 Å². The Kier molecular flexibility index (Phi) is 7.86. The molecule has 0 aliphatic heterocycles. The van der Waals surface area contributed by atoms with E-state index in [0.717, 1.165) is 37.2 Å². The van der Waals surface area contributed by atoms with E-state index in [2.05, 4.69) is 25.2 Å². The average molecular weight is 323 g/mol. The number of methoxy groups -OCH3 is 2. The van der Waals surface area contributed by atoms with Gasteiger partial charge >= 0.3 is 0 Å². The van der Waals surface area contributed by atoms with Crippen molar-refractivity contribution in [3.05, 3.63) is 23.8 Å². The Labute approximate surface area is 141 Å². The highest BCUT2D eigenvalue weighted by atomic mass is 16.5. The molecule has 0 spiro atoms. The number of benzene rings is 1. The first-order valence-corrected chi connectivity index (χ1v) is 8.44. The molecule has 2 N–H and O–H groups in total. The molecule has 0 aliphatic rings. The Morgan fingerprint density at radius 3 is 2.30 bits per heavy atom. The van der Waals surface area contributed by atoms with Crippen LogP contribution in [0.15, 0.2) is 18.2 Å². The molecular weight excluding hydrogens is 290 g/mol. The second kappa shape index (κ2) is 9.14. The number of aliphatic hydroxyl groups is 1. The molecule has 0 aliphatic carbocycles. The van der Waals surface area contributed by atoms with Crippen LogP contribution in [0.25, 0.3) is 0 Å². The van der Waals surface area contributed by atoms with Gasteiger partial charge in [-0.2, -0.15) is 0 Å². The van der Waals surface area contributed by atoms with Crippen LogP contribution >= 0.6 is 0 Å². The maximum absolute atomic E-state index is 9.76. The lowest BCUT2D eigenvalue weighted by molar-refractivity contribution is 0.0674. The molecule has 4 nitrogen and oxygen atoms in total. The van der Waals surface area contributed by atoms with Crippen molar-refractivity contribution in [1.29, 1.82) is 0 Å². The van der Waals surface area contributed by atoms with Gasteiger partial charge in [-0.25, -0.2) is 0 Å². The topological polar surface area (TPSA) is 50.7 Å². The molecule has 0 amide bonds. The fourth-order valence-electron chi connectivity index (χ4n) is 2.83. The van der Waals surface area contributed by atoms with Crippen LogP contribution in [-0.2, 0) is 6.42 Å². The molecule has 0 radical (unpaired) electrons. The van der Waals surface area contributed by atoms with E-state index in [1.165, 1.54) is 5.56 Å². The summed E-state index contributed by atoms with van der Waals surface area (Å²) in [6, 6.07) is 6.89. The highest BCUT2D eigenvalue weighted by Crippen LogP contribution is 2.28. The summed E-state index contributed by atoms with van der Waals surface area (Å²) in [5.74, 6) is 1.53. The van der Waals surface area contributed by atoms with Crippen molar-refractivity contribution in [2.75, 3.05) is 14.2 Å². The summed E-state index contributed by atoms with van der Waals surface area (Å²) in [5, 5.41) is 13.4. The normalized spacial score (nSPS) is 14.4. The zero-order valence-electron chi connectivity index (χ0n) is 15.5. The van der Waals surface area contributed by atoms with Crippen LogP contribution < -0.4 is 14.8 Å². The van der Waals surface area contributed by atoms with E-state index >= 15 is 0 Å². The number of hydrogen-bond acceptors (Lipinski definition) is 4. The minimum Gasteiger partial charge on any atom is -0.493 e. The first kappa shape index (κ1) is 19.8. The lowest BCUT2D eigenvalue weighted by atomic mass is 9.99. The first-order valence-electron chi connectivity index (χ1n) is 8.44. The van der Waals surface area contributed by atoms with Gasteiger partial charge in [-0.15, -0.1) is 0 Å². The van der Waals surface area contributed by atoms with Crippen LogP contribution in [0, 0.1) is 0 Å². The van der Waals surface area contributed by atoms with E-state index in [1.54, 1.807) is 14.2 Å². The van der Waals surface area contributed by atoms with Crippen molar-refractivity contribution in [3.63, 3.8) is 0 Å². The van der Waals surface area contributed by atoms with Crippen LogP contribution in [0.3, 0.4) is 0 Å². The minimum absolute atomic E-state index is 0.380. The van der Waals surface area contributed by atoms with E-state index in [9.17, 15) is 5.11 Å². The van der Waals surface area contributed by atoms with E-state index < -0.39 is 5.60 Å². The maximum Gasteiger partial charge on any atom is 0.160 e. The van der Waals surface area contributed by atoms with Crippen LogP contribution in [0.2, 0.25) is 0 Å². The van der Waals surface area contributed by atoms with Gasteiger partial charge in [-0.3, -0.25) is 0 Å². The largest absolute Gasteiger partial charge is 0.493 e. The van der Waals surface area contributed by atoms with Gasteiger partial charge in [-0.1, -0.05) is 6.07 Å². The highest BCUT2D eigenvalue weighted by Gasteiger charge is 2.14. The highest BCUT2D eigenvalue weighted by molar-refractivity contribution is 5.43. The molecule has 0 saturated heterocycles. The van der Waals surface area contributed by atoms with E-state index in [0.29, 0.717) is 12.1 Å². The van der Waals surface area contributed by atoms with Gasteiger partial charge in [0.1, 0.15) is 0 Å². The van der Waals surface area contributed by atoms with Crippen LogP contribution in [0.1, 0.15) is 52.5 Å². The van der Waals surface area contributed by atoms with Crippen molar-refractivity contribution in [1.82, 2.24) is 5.32 Å². The summed E-state index contributed by atoms with van der Waals surface area (Å²) in [6.07, 6.45) is 3.88. The number of ether oxygens (including phenoxy) is 2. The molecule has 2 atom stereocenters. The van der Waals surface area contributed by atoms with Gasteiger partial charge < -0.3 is 19.9 Å². The second-order valence-electron chi connectivity index (χ2n) is 7.07. The summed E-state index contributed by atoms with van der Waals surface area (Å²) in [5.41, 5.74) is 0.664. The third-order valence-electron chi connectivity index (χ3n) is 3.98. The zero-order valence-corrected chi connectivity index (χ0v) is 15.5. The monoisotopic (exact) mass is 323 g/mol. The van der Waals surface area contributed by atoms with Gasteiger partial charge in [0.25, 0.3) is 0 Å². The first-order chi connectivity index (χ1) is 10.7. The Balaban J connectivity index is 2.45. The molecule has 0 heterocycles. The molecule has 0 fully saturated rings. The third kappa shape index (κ3) is 7.71. The molecule has 1 rings (SSSR count). The Hall–Kier alpha value is -1.26. The van der Waals surface area contributed by atoms with Gasteiger partial charge in [0, 0.05) is 12.1 Å². The summed E-state index contributed by atoms with van der Waals surface area (Å²) in [6.45, 7) is 8.13. The van der Waals surface area contributed by atoms with Crippen molar-refractivity contribution in [2.24, 2.45) is 0 Å². The number of hydrogen-bond donors (Lipinski definition) is 2. The van der Waals surface area contributed by atoms with Crippen molar-refractivity contribution in [2.45, 2.75) is 71.1 Å². The molecular formula is C19H33NO3. The van der Waals surface area contributed by atoms with Crippen LogP contribution in [-0.4, -0.2) is 37.0 Å². The molecule has 0 unspecified atom stereocenters. The lowest BCUT2D eigenvalue weighted by Crippen LogP contribution is -2.36. The standard InChI is InChI=1S/C19H33NO3/c1-14(8-7-11-19(3,4)21)20-15(2)12-16-9-10-17(22-5)18(13-16)23-6/h9-10,13-15,20-21H,7-8,11-12H2,1-6H3/t14-,15+/m1/s1. The molecule has 0 saturated carbocycles. The third-order valence-corrected chi connectivity index (χ3v) is 3.98. The molecule has 0 aromatic heterocycles. The zero-order chi connectivity index (χ0) is 17.5. The molecule has 23 heavy (non-hydrogen) atoms. The Bertz CT molecular complexity index is 468. The fourth-order valence-corrected chi connectivity index (χ4v) is 2.83. The molecule has 1 aromatic carbocycles. The van der Waals surface area contributed by atoms with E-state index in [1.807, 2.05) is 26.0 Å². The van der Waals surface area contributed by atoms with Gasteiger partial charge in [0.05, 0.1) is 19.8 Å². The quantitative estimate of drug-likeness (QED) is 0.691. The average Bonchev–Trinajstić information content (AvgIpc) is 2.45. The smallest absolute Gasteiger partial charge is 0.160 e. The lowest BCUT2D eigenvalue weighted by Gasteiger charge is -2.22.